The van der Waals surface area contributed by atoms with Gasteiger partial charge in [-0.2, -0.15) is 0 Å². The molecule has 1 aromatic carbocycles. The maximum atomic E-state index is 11.7. The van der Waals surface area contributed by atoms with Crippen molar-refractivity contribution in [2.75, 3.05) is 13.7 Å². The van der Waals surface area contributed by atoms with E-state index in [4.69, 9.17) is 14.9 Å². The summed E-state index contributed by atoms with van der Waals surface area (Å²) in [5.74, 6) is -2.24. The molecule has 0 aliphatic rings. The molecule has 1 rings (SSSR count). The number of nitrogens with one attached hydrogen (secondary N) is 1. The number of ether oxygens (including phenoxy) is 1. The maximum Gasteiger partial charge on any atom is 0.334 e. The zero-order valence-corrected chi connectivity index (χ0v) is 10.4. The van der Waals surface area contributed by atoms with E-state index in [-0.39, 0.29) is 17.0 Å². The monoisotopic (exact) mass is 284 g/mol. The molecule has 3 N–H and O–H groups in total. The van der Waals surface area contributed by atoms with E-state index in [1.165, 1.54) is 13.2 Å². The lowest BCUT2D eigenvalue weighted by Gasteiger charge is -2.08. The fourth-order valence-electron chi connectivity index (χ4n) is 1.35. The van der Waals surface area contributed by atoms with Crippen molar-refractivity contribution in [1.82, 2.24) is 5.32 Å². The number of benzene rings is 1. The van der Waals surface area contributed by atoms with Crippen LogP contribution < -0.4 is 10.1 Å². The highest BCUT2D eigenvalue weighted by atomic mass is 16.6. The van der Waals surface area contributed by atoms with E-state index in [1.807, 2.05) is 0 Å². The number of carbonyl (C=O) groups excluding carboxylic acids is 1. The molecule has 0 spiro atoms. The van der Waals surface area contributed by atoms with Crippen LogP contribution in [0.15, 0.2) is 18.2 Å². The molecule has 0 aliphatic carbocycles. The SMILES string of the molecule is COc1cc(C(=O)NCC(O)C(=O)O)ccc1[N+](=O)[O-]. The van der Waals surface area contributed by atoms with E-state index in [0.29, 0.717) is 0 Å². The minimum absolute atomic E-state index is 0.0463. The van der Waals surface area contributed by atoms with Crippen molar-refractivity contribution in [3.63, 3.8) is 0 Å². The molecule has 0 fully saturated rings. The molecule has 0 aliphatic heterocycles. The van der Waals surface area contributed by atoms with Gasteiger partial charge in [-0.3, -0.25) is 14.9 Å². The summed E-state index contributed by atoms with van der Waals surface area (Å²) in [4.78, 5) is 32.1. The van der Waals surface area contributed by atoms with Crippen LogP contribution >= 0.6 is 0 Å². The van der Waals surface area contributed by atoms with E-state index in [1.54, 1.807) is 0 Å². The van der Waals surface area contributed by atoms with Gasteiger partial charge in [-0.05, 0) is 6.07 Å². The van der Waals surface area contributed by atoms with E-state index in [2.05, 4.69) is 5.32 Å². The number of hydrogen-bond acceptors (Lipinski definition) is 6. The number of methoxy groups -OCH3 is 1. The molecule has 1 amide bonds. The van der Waals surface area contributed by atoms with E-state index in [0.717, 1.165) is 12.1 Å². The van der Waals surface area contributed by atoms with Crippen LogP contribution in [0.3, 0.4) is 0 Å². The fraction of sp³-hybridized carbons (Fsp3) is 0.273. The first-order valence-corrected chi connectivity index (χ1v) is 5.38. The van der Waals surface area contributed by atoms with Crippen LogP contribution in [0.5, 0.6) is 5.75 Å². The van der Waals surface area contributed by atoms with E-state index >= 15 is 0 Å². The van der Waals surface area contributed by atoms with Gasteiger partial charge < -0.3 is 20.3 Å². The Labute approximate surface area is 112 Å². The first-order valence-electron chi connectivity index (χ1n) is 5.38. The molecule has 1 aromatic rings. The molecule has 0 radical (unpaired) electrons. The van der Waals surface area contributed by atoms with Crippen molar-refractivity contribution in [3.8, 4) is 5.75 Å². The largest absolute Gasteiger partial charge is 0.490 e. The Bertz CT molecular complexity index is 544. The smallest absolute Gasteiger partial charge is 0.334 e. The molecule has 0 aromatic heterocycles. The van der Waals surface area contributed by atoms with Gasteiger partial charge in [0.05, 0.1) is 18.6 Å². The number of carboxylic acids is 1. The van der Waals surface area contributed by atoms with Gasteiger partial charge in [0, 0.05) is 17.7 Å². The normalized spacial score (nSPS) is 11.5. The summed E-state index contributed by atoms with van der Waals surface area (Å²) in [5, 5.41) is 30.3. The number of rotatable bonds is 6. The topological polar surface area (TPSA) is 139 Å². The second kappa shape index (κ2) is 6.48. The van der Waals surface area contributed by atoms with Crippen molar-refractivity contribution >= 4 is 17.6 Å². The van der Waals surface area contributed by atoms with Crippen LogP contribution in [0.1, 0.15) is 10.4 Å². The summed E-state index contributed by atoms with van der Waals surface area (Å²) in [7, 11) is 1.22. The first kappa shape index (κ1) is 15.4. The molecular weight excluding hydrogens is 272 g/mol. The zero-order chi connectivity index (χ0) is 15.3. The molecule has 0 heterocycles. The second-order valence-corrected chi connectivity index (χ2v) is 3.71. The molecule has 20 heavy (non-hydrogen) atoms. The number of nitro benzene ring substituents is 1. The highest BCUT2D eigenvalue weighted by Gasteiger charge is 2.19. The first-order chi connectivity index (χ1) is 9.36. The third-order valence-electron chi connectivity index (χ3n) is 2.38. The average molecular weight is 284 g/mol. The molecule has 1 unspecified atom stereocenters. The van der Waals surface area contributed by atoms with Gasteiger partial charge in [0.25, 0.3) is 5.91 Å². The Hall–Kier alpha value is -2.68. The Morgan fingerprint density at radius 2 is 2.15 bits per heavy atom. The molecule has 0 saturated heterocycles. The summed E-state index contributed by atoms with van der Waals surface area (Å²) in [6.45, 7) is -0.479. The van der Waals surface area contributed by atoms with Gasteiger partial charge in [0.15, 0.2) is 11.9 Å². The van der Waals surface area contributed by atoms with Crippen LogP contribution in [-0.4, -0.2) is 46.8 Å². The van der Waals surface area contributed by atoms with Crippen LogP contribution in [0.4, 0.5) is 5.69 Å². The Morgan fingerprint density at radius 1 is 1.50 bits per heavy atom. The van der Waals surface area contributed by atoms with Crippen molar-refractivity contribution in [2.24, 2.45) is 0 Å². The number of nitro groups is 1. The number of hydrogen-bond donors (Lipinski definition) is 3. The lowest BCUT2D eigenvalue weighted by Crippen LogP contribution is -2.36. The number of nitrogens with zero attached hydrogens (tertiary/aromatic N) is 1. The third-order valence-corrected chi connectivity index (χ3v) is 2.38. The lowest BCUT2D eigenvalue weighted by molar-refractivity contribution is -0.385. The number of aliphatic carboxylic acids is 1. The van der Waals surface area contributed by atoms with Gasteiger partial charge in [0.1, 0.15) is 0 Å². The van der Waals surface area contributed by atoms with Crippen molar-refractivity contribution < 1.29 is 29.5 Å². The predicted molar refractivity (Wildman–Crippen MR) is 65.6 cm³/mol. The van der Waals surface area contributed by atoms with E-state index < -0.39 is 29.4 Å². The minimum Gasteiger partial charge on any atom is -0.490 e. The van der Waals surface area contributed by atoms with E-state index in [9.17, 15) is 19.7 Å². The Balaban J connectivity index is 2.84. The second-order valence-electron chi connectivity index (χ2n) is 3.71. The molecule has 108 valence electrons. The number of carbonyl (C=O) groups is 2. The van der Waals surface area contributed by atoms with Gasteiger partial charge in [0.2, 0.25) is 0 Å². The lowest BCUT2D eigenvalue weighted by atomic mass is 10.1. The Morgan fingerprint density at radius 3 is 2.65 bits per heavy atom. The molecule has 0 bridgehead atoms. The summed E-state index contributed by atoms with van der Waals surface area (Å²) < 4.78 is 4.80. The molecule has 0 saturated carbocycles. The highest BCUT2D eigenvalue weighted by molar-refractivity contribution is 5.95. The quantitative estimate of drug-likeness (QED) is 0.484. The summed E-state index contributed by atoms with van der Waals surface area (Å²) in [5.41, 5.74) is -0.250. The number of amides is 1. The third kappa shape index (κ3) is 3.65. The van der Waals surface area contributed by atoms with Crippen molar-refractivity contribution in [2.45, 2.75) is 6.10 Å². The van der Waals surface area contributed by atoms with Gasteiger partial charge in [-0.25, -0.2) is 4.79 Å². The molecular formula is C11H12N2O7. The zero-order valence-electron chi connectivity index (χ0n) is 10.4. The Kier molecular flexibility index (Phi) is 4.98. The van der Waals surface area contributed by atoms with Crippen LogP contribution in [0.2, 0.25) is 0 Å². The van der Waals surface area contributed by atoms with Crippen molar-refractivity contribution in [3.05, 3.63) is 33.9 Å². The highest BCUT2D eigenvalue weighted by Crippen LogP contribution is 2.27. The van der Waals surface area contributed by atoms with Crippen LogP contribution in [-0.2, 0) is 4.79 Å². The average Bonchev–Trinajstić information content (AvgIpc) is 2.43. The van der Waals surface area contributed by atoms with Gasteiger partial charge in [-0.15, -0.1) is 0 Å². The van der Waals surface area contributed by atoms with Crippen LogP contribution in [0, 0.1) is 10.1 Å². The summed E-state index contributed by atoms with van der Waals surface area (Å²) in [6.07, 6.45) is -1.72. The van der Waals surface area contributed by atoms with Gasteiger partial charge in [-0.1, -0.05) is 0 Å². The predicted octanol–water partition coefficient (Wildman–Crippen LogP) is -0.221. The van der Waals surface area contributed by atoms with Crippen molar-refractivity contribution in [1.29, 1.82) is 0 Å². The number of aliphatic hydroxyl groups excluding tert-OH is 1. The summed E-state index contributed by atoms with van der Waals surface area (Å²) >= 11 is 0. The van der Waals surface area contributed by atoms with Gasteiger partial charge >= 0.3 is 11.7 Å². The molecule has 9 heteroatoms. The maximum absolute atomic E-state index is 11.7. The standard InChI is InChI=1S/C11H12N2O7/c1-20-9-4-6(2-3-7(9)13(18)19)10(15)12-5-8(14)11(16)17/h2-4,8,14H,5H2,1H3,(H,12,15)(H,16,17). The summed E-state index contributed by atoms with van der Waals surface area (Å²) in [6, 6.07) is 3.45. The molecule has 1 atom stereocenters. The van der Waals surface area contributed by atoms with Crippen LogP contribution in [0.25, 0.3) is 0 Å². The molecule has 9 nitrogen and oxygen atoms in total. The minimum atomic E-state index is -1.72. The number of carboxylic acid groups (broad SMARTS) is 1. The number of aliphatic hydroxyl groups is 1. The fourth-order valence-corrected chi connectivity index (χ4v) is 1.35.